The molecule has 0 spiro atoms. The molecule has 4 heteroatoms. The largest absolute Gasteiger partial charge is 0.336 e. The van der Waals surface area contributed by atoms with Gasteiger partial charge in [-0.3, -0.25) is 14.2 Å². The van der Waals surface area contributed by atoms with Gasteiger partial charge in [-0.1, -0.05) is 42.5 Å². The maximum atomic E-state index is 12.9. The first-order chi connectivity index (χ1) is 12.1. The van der Waals surface area contributed by atoms with Crippen LogP contribution in [0.15, 0.2) is 59.4 Å². The van der Waals surface area contributed by atoms with Gasteiger partial charge in [-0.2, -0.15) is 0 Å². The molecule has 3 aromatic rings. The SMILES string of the molecule is Cc1cc2ccccc2n(CC(=O)N2CCc3ccccc3C2)c1=O. The van der Waals surface area contributed by atoms with E-state index in [1.165, 1.54) is 11.1 Å². The fraction of sp³-hybridized carbons (Fsp3) is 0.238. The zero-order valence-electron chi connectivity index (χ0n) is 14.2. The zero-order valence-corrected chi connectivity index (χ0v) is 14.2. The molecule has 1 aliphatic heterocycles. The molecule has 1 amide bonds. The lowest BCUT2D eigenvalue weighted by Gasteiger charge is -2.29. The molecular weight excluding hydrogens is 312 g/mol. The summed E-state index contributed by atoms with van der Waals surface area (Å²) in [5.74, 6) is -0.00708. The van der Waals surface area contributed by atoms with E-state index in [1.807, 2.05) is 47.4 Å². The molecule has 0 N–H and O–H groups in total. The molecule has 126 valence electrons. The fourth-order valence-electron chi connectivity index (χ4n) is 3.57. The highest BCUT2D eigenvalue weighted by Gasteiger charge is 2.21. The van der Waals surface area contributed by atoms with Crippen LogP contribution in [0.2, 0.25) is 0 Å². The van der Waals surface area contributed by atoms with Crippen LogP contribution in [0, 0.1) is 6.92 Å². The van der Waals surface area contributed by atoms with E-state index in [-0.39, 0.29) is 18.0 Å². The molecule has 0 saturated heterocycles. The Balaban J connectivity index is 1.65. The van der Waals surface area contributed by atoms with Crippen LogP contribution in [0.1, 0.15) is 16.7 Å². The maximum absolute atomic E-state index is 12.9. The summed E-state index contributed by atoms with van der Waals surface area (Å²) < 4.78 is 1.60. The molecule has 0 fully saturated rings. The first kappa shape index (κ1) is 15.6. The summed E-state index contributed by atoms with van der Waals surface area (Å²) in [6.07, 6.45) is 0.866. The van der Waals surface area contributed by atoms with Gasteiger partial charge in [0.2, 0.25) is 5.91 Å². The molecule has 25 heavy (non-hydrogen) atoms. The van der Waals surface area contributed by atoms with Crippen molar-refractivity contribution >= 4 is 16.8 Å². The van der Waals surface area contributed by atoms with Crippen molar-refractivity contribution in [3.63, 3.8) is 0 Å². The average molecular weight is 332 g/mol. The Bertz CT molecular complexity index is 1020. The molecule has 1 aromatic heterocycles. The molecular formula is C21H20N2O2. The zero-order chi connectivity index (χ0) is 17.4. The van der Waals surface area contributed by atoms with Crippen LogP contribution in [0.3, 0.4) is 0 Å². The fourth-order valence-corrected chi connectivity index (χ4v) is 3.57. The number of pyridine rings is 1. The highest BCUT2D eigenvalue weighted by Crippen LogP contribution is 2.19. The van der Waals surface area contributed by atoms with E-state index >= 15 is 0 Å². The highest BCUT2D eigenvalue weighted by atomic mass is 16.2. The third-order valence-corrected chi connectivity index (χ3v) is 4.96. The monoisotopic (exact) mass is 332 g/mol. The first-order valence-electron chi connectivity index (χ1n) is 8.57. The predicted molar refractivity (Wildman–Crippen MR) is 98.5 cm³/mol. The number of nitrogens with zero attached hydrogens (tertiary/aromatic N) is 2. The van der Waals surface area contributed by atoms with Gasteiger partial charge in [-0.15, -0.1) is 0 Å². The molecule has 2 heterocycles. The molecule has 0 saturated carbocycles. The second-order valence-electron chi connectivity index (χ2n) is 6.61. The van der Waals surface area contributed by atoms with Crippen LogP contribution in [-0.2, 0) is 24.3 Å². The minimum atomic E-state index is -0.0931. The normalized spacial score (nSPS) is 13.7. The summed E-state index contributed by atoms with van der Waals surface area (Å²) in [7, 11) is 0. The highest BCUT2D eigenvalue weighted by molar-refractivity contribution is 5.83. The van der Waals surface area contributed by atoms with Crippen LogP contribution < -0.4 is 5.56 Å². The topological polar surface area (TPSA) is 42.3 Å². The Hall–Kier alpha value is -2.88. The first-order valence-corrected chi connectivity index (χ1v) is 8.57. The smallest absolute Gasteiger partial charge is 0.254 e. The van der Waals surface area contributed by atoms with E-state index in [2.05, 4.69) is 12.1 Å². The van der Waals surface area contributed by atoms with Crippen molar-refractivity contribution in [2.45, 2.75) is 26.4 Å². The van der Waals surface area contributed by atoms with Gasteiger partial charge >= 0.3 is 0 Å². The van der Waals surface area contributed by atoms with E-state index in [4.69, 9.17) is 0 Å². The van der Waals surface area contributed by atoms with Crippen molar-refractivity contribution in [3.05, 3.63) is 81.6 Å². The minimum absolute atomic E-state index is 0.00708. The van der Waals surface area contributed by atoms with Gasteiger partial charge in [0.15, 0.2) is 0 Å². The summed E-state index contributed by atoms with van der Waals surface area (Å²) in [4.78, 5) is 27.3. The Labute approximate surface area is 146 Å². The van der Waals surface area contributed by atoms with Crippen LogP contribution in [0.5, 0.6) is 0 Å². The molecule has 0 bridgehead atoms. The number of carbonyl (C=O) groups excluding carboxylic acids is 1. The number of carbonyl (C=O) groups is 1. The van der Waals surface area contributed by atoms with Crippen molar-refractivity contribution < 1.29 is 4.79 Å². The van der Waals surface area contributed by atoms with E-state index in [9.17, 15) is 9.59 Å². The summed E-state index contributed by atoms with van der Waals surface area (Å²) in [5, 5.41) is 0.983. The number of rotatable bonds is 2. The second kappa shape index (κ2) is 6.20. The van der Waals surface area contributed by atoms with Gasteiger partial charge in [0.05, 0.1) is 5.52 Å². The third-order valence-electron chi connectivity index (χ3n) is 4.96. The molecule has 1 aliphatic rings. The lowest BCUT2D eigenvalue weighted by atomic mass is 10.00. The predicted octanol–water partition coefficient (Wildman–Crippen LogP) is 2.89. The molecule has 4 rings (SSSR count). The van der Waals surface area contributed by atoms with E-state index < -0.39 is 0 Å². The second-order valence-corrected chi connectivity index (χ2v) is 6.61. The Kier molecular flexibility index (Phi) is 3.88. The minimum Gasteiger partial charge on any atom is -0.336 e. The number of aryl methyl sites for hydroxylation is 1. The molecule has 0 unspecified atom stereocenters. The number of hydrogen-bond donors (Lipinski definition) is 0. The number of amides is 1. The Morgan fingerprint density at radius 1 is 1.04 bits per heavy atom. The van der Waals surface area contributed by atoms with E-state index in [1.54, 1.807) is 11.5 Å². The van der Waals surface area contributed by atoms with Gasteiger partial charge in [0.25, 0.3) is 5.56 Å². The van der Waals surface area contributed by atoms with Gasteiger partial charge in [0.1, 0.15) is 6.54 Å². The number of benzene rings is 2. The van der Waals surface area contributed by atoms with Crippen LogP contribution in [-0.4, -0.2) is 21.9 Å². The average Bonchev–Trinajstić information content (AvgIpc) is 2.65. The summed E-state index contributed by atoms with van der Waals surface area (Å²) >= 11 is 0. The molecule has 4 nitrogen and oxygen atoms in total. The summed E-state index contributed by atoms with van der Waals surface area (Å²) in [5.41, 5.74) is 3.89. The third kappa shape index (κ3) is 2.84. The molecule has 2 aromatic carbocycles. The Morgan fingerprint density at radius 2 is 1.76 bits per heavy atom. The number of para-hydroxylation sites is 1. The van der Waals surface area contributed by atoms with Crippen molar-refractivity contribution in [2.24, 2.45) is 0 Å². The number of aromatic nitrogens is 1. The summed E-state index contributed by atoms with van der Waals surface area (Å²) in [6, 6.07) is 17.8. The van der Waals surface area contributed by atoms with Crippen molar-refractivity contribution in [2.75, 3.05) is 6.54 Å². The summed E-state index contributed by atoms with van der Waals surface area (Å²) in [6.45, 7) is 3.21. The Morgan fingerprint density at radius 3 is 2.60 bits per heavy atom. The van der Waals surface area contributed by atoms with Gasteiger partial charge in [-0.25, -0.2) is 0 Å². The number of hydrogen-bond acceptors (Lipinski definition) is 2. The van der Waals surface area contributed by atoms with Crippen LogP contribution >= 0.6 is 0 Å². The molecule has 0 atom stereocenters. The maximum Gasteiger partial charge on any atom is 0.254 e. The molecule has 0 aliphatic carbocycles. The quantitative estimate of drug-likeness (QED) is 0.724. The van der Waals surface area contributed by atoms with E-state index in [0.717, 1.165) is 17.3 Å². The van der Waals surface area contributed by atoms with Crippen LogP contribution in [0.25, 0.3) is 10.9 Å². The number of fused-ring (bicyclic) bond motifs is 2. The van der Waals surface area contributed by atoms with Gasteiger partial charge in [0, 0.05) is 18.7 Å². The lowest BCUT2D eigenvalue weighted by molar-refractivity contribution is -0.132. The lowest BCUT2D eigenvalue weighted by Crippen LogP contribution is -2.40. The van der Waals surface area contributed by atoms with Gasteiger partial charge in [-0.05, 0) is 42.0 Å². The van der Waals surface area contributed by atoms with Crippen molar-refractivity contribution in [3.8, 4) is 0 Å². The van der Waals surface area contributed by atoms with Crippen molar-refractivity contribution in [1.82, 2.24) is 9.47 Å². The van der Waals surface area contributed by atoms with E-state index in [0.29, 0.717) is 18.7 Å². The van der Waals surface area contributed by atoms with Gasteiger partial charge < -0.3 is 4.90 Å². The molecule has 0 radical (unpaired) electrons. The standard InChI is InChI=1S/C21H20N2O2/c1-15-12-17-7-4-5-9-19(17)23(21(15)25)14-20(24)22-11-10-16-6-2-3-8-18(16)13-22/h2-9,12H,10-11,13-14H2,1H3. The van der Waals surface area contributed by atoms with Crippen LogP contribution in [0.4, 0.5) is 0 Å². The van der Waals surface area contributed by atoms with Crippen molar-refractivity contribution in [1.29, 1.82) is 0 Å².